The van der Waals surface area contributed by atoms with Crippen molar-refractivity contribution >= 4 is 5.91 Å². The first-order valence-electron chi connectivity index (χ1n) is 9.05. The molecule has 1 heterocycles. The molecule has 1 aliphatic rings. The van der Waals surface area contributed by atoms with Crippen LogP contribution in [0.2, 0.25) is 0 Å². The molecule has 3 rings (SSSR count). The van der Waals surface area contributed by atoms with Crippen molar-refractivity contribution < 1.29 is 4.79 Å². The highest BCUT2D eigenvalue weighted by Crippen LogP contribution is 2.39. The van der Waals surface area contributed by atoms with E-state index in [1.54, 1.807) is 6.92 Å². The van der Waals surface area contributed by atoms with Gasteiger partial charge in [0.2, 0.25) is 5.56 Å². The highest BCUT2D eigenvalue weighted by molar-refractivity contribution is 5.95. The van der Waals surface area contributed by atoms with Gasteiger partial charge in [0, 0.05) is 24.2 Å². The highest BCUT2D eigenvalue weighted by Gasteiger charge is 2.34. The molecule has 1 amide bonds. The maximum absolute atomic E-state index is 12.6. The molecule has 0 atom stereocenters. The number of aromatic amines is 1. The van der Waals surface area contributed by atoms with Gasteiger partial charge in [0.05, 0.1) is 5.56 Å². The lowest BCUT2D eigenvalue weighted by atomic mass is 9.69. The molecule has 1 aromatic heterocycles. The third-order valence-corrected chi connectivity index (χ3v) is 5.40. The molecule has 132 valence electrons. The third kappa shape index (κ3) is 3.84. The number of hydrogen-bond donors (Lipinski definition) is 2. The van der Waals surface area contributed by atoms with Crippen LogP contribution >= 0.6 is 0 Å². The summed E-state index contributed by atoms with van der Waals surface area (Å²) in [5.41, 5.74) is 3.65. The van der Waals surface area contributed by atoms with Crippen LogP contribution in [0.1, 0.15) is 59.2 Å². The number of benzene rings is 1. The molecule has 1 saturated carbocycles. The van der Waals surface area contributed by atoms with Gasteiger partial charge in [-0.2, -0.15) is 0 Å². The predicted octanol–water partition coefficient (Wildman–Crippen LogP) is 3.62. The monoisotopic (exact) mass is 338 g/mol. The minimum Gasteiger partial charge on any atom is -0.351 e. The number of hydrogen-bond acceptors (Lipinski definition) is 2. The van der Waals surface area contributed by atoms with Gasteiger partial charge in [-0.25, -0.2) is 0 Å². The third-order valence-electron chi connectivity index (χ3n) is 5.40. The molecular formula is C21H26N2O2. The molecule has 0 radical (unpaired) electrons. The zero-order valence-corrected chi connectivity index (χ0v) is 15.0. The lowest BCUT2D eigenvalue weighted by Crippen LogP contribution is -2.42. The van der Waals surface area contributed by atoms with E-state index in [1.807, 2.05) is 0 Å². The molecule has 1 fully saturated rings. The Balaban J connectivity index is 1.81. The Hall–Kier alpha value is -2.36. The Bertz CT molecular complexity index is 817. The van der Waals surface area contributed by atoms with Crippen LogP contribution in [0.5, 0.6) is 0 Å². The second kappa shape index (κ2) is 7.26. The van der Waals surface area contributed by atoms with Gasteiger partial charge in [-0.3, -0.25) is 9.59 Å². The summed E-state index contributed by atoms with van der Waals surface area (Å²) in [7, 11) is 0. The van der Waals surface area contributed by atoms with Gasteiger partial charge < -0.3 is 10.3 Å². The fourth-order valence-electron chi connectivity index (χ4n) is 3.93. The average molecular weight is 338 g/mol. The summed E-state index contributed by atoms with van der Waals surface area (Å²) in [4.78, 5) is 26.6. The molecule has 0 saturated heterocycles. The largest absolute Gasteiger partial charge is 0.351 e. The molecule has 1 aromatic carbocycles. The first-order valence-corrected chi connectivity index (χ1v) is 9.05. The van der Waals surface area contributed by atoms with Crippen LogP contribution in [0.3, 0.4) is 0 Å². The maximum atomic E-state index is 12.6. The van der Waals surface area contributed by atoms with E-state index in [9.17, 15) is 9.59 Å². The Morgan fingerprint density at radius 3 is 2.60 bits per heavy atom. The lowest BCUT2D eigenvalue weighted by Gasteiger charge is -2.38. The van der Waals surface area contributed by atoms with E-state index in [4.69, 9.17) is 0 Å². The summed E-state index contributed by atoms with van der Waals surface area (Å²) in [6.45, 7) is 4.54. The molecule has 2 aromatic rings. The zero-order chi connectivity index (χ0) is 17.9. The Morgan fingerprint density at radius 1 is 1.16 bits per heavy atom. The molecule has 0 unspecified atom stereocenters. The summed E-state index contributed by atoms with van der Waals surface area (Å²) in [6, 6.07) is 10.1. The smallest absolute Gasteiger partial charge is 0.253 e. The normalized spacial score (nSPS) is 16.4. The first kappa shape index (κ1) is 17.5. The summed E-state index contributed by atoms with van der Waals surface area (Å²) < 4.78 is 0. The molecule has 1 aliphatic carbocycles. The topological polar surface area (TPSA) is 62.0 Å². The predicted molar refractivity (Wildman–Crippen MR) is 100 cm³/mol. The van der Waals surface area contributed by atoms with Gasteiger partial charge in [0.1, 0.15) is 0 Å². The van der Waals surface area contributed by atoms with Gasteiger partial charge in [-0.15, -0.1) is 0 Å². The lowest BCUT2D eigenvalue weighted by molar-refractivity contribution is 0.0935. The average Bonchev–Trinajstić information content (AvgIpc) is 2.60. The van der Waals surface area contributed by atoms with Crippen molar-refractivity contribution in [1.29, 1.82) is 0 Å². The fourth-order valence-corrected chi connectivity index (χ4v) is 3.93. The molecule has 4 heteroatoms. The molecule has 4 nitrogen and oxygen atoms in total. The van der Waals surface area contributed by atoms with Gasteiger partial charge in [-0.05, 0) is 37.8 Å². The van der Waals surface area contributed by atoms with Crippen LogP contribution < -0.4 is 10.9 Å². The second-order valence-corrected chi connectivity index (χ2v) is 7.29. The number of pyridine rings is 1. The summed E-state index contributed by atoms with van der Waals surface area (Å²) in [5, 5.41) is 3.13. The van der Waals surface area contributed by atoms with Crippen LogP contribution in [0.4, 0.5) is 0 Å². The molecule has 2 N–H and O–H groups in total. The van der Waals surface area contributed by atoms with E-state index in [1.165, 1.54) is 42.7 Å². The van der Waals surface area contributed by atoms with Gasteiger partial charge >= 0.3 is 0 Å². The number of rotatable bonds is 4. The number of aryl methyl sites for hydroxylation is 2. The van der Waals surface area contributed by atoms with Crippen molar-refractivity contribution in [1.82, 2.24) is 10.3 Å². The Labute approximate surface area is 148 Å². The van der Waals surface area contributed by atoms with Crippen LogP contribution in [-0.2, 0) is 5.41 Å². The maximum Gasteiger partial charge on any atom is 0.253 e. The minimum absolute atomic E-state index is 0.00994. The number of aromatic nitrogens is 1. The molecule has 0 aliphatic heterocycles. The van der Waals surface area contributed by atoms with Gasteiger partial charge in [-0.1, -0.05) is 49.1 Å². The quantitative estimate of drug-likeness (QED) is 0.894. The van der Waals surface area contributed by atoms with Crippen molar-refractivity contribution in [2.75, 3.05) is 6.54 Å². The summed E-state index contributed by atoms with van der Waals surface area (Å²) in [6.07, 6.45) is 7.36. The molecule has 0 bridgehead atoms. The van der Waals surface area contributed by atoms with Crippen LogP contribution in [-0.4, -0.2) is 17.4 Å². The van der Waals surface area contributed by atoms with Gasteiger partial charge in [0.25, 0.3) is 5.91 Å². The Kier molecular flexibility index (Phi) is 5.07. The Morgan fingerprint density at radius 2 is 1.92 bits per heavy atom. The fraction of sp³-hybridized carbons (Fsp3) is 0.429. The summed E-state index contributed by atoms with van der Waals surface area (Å²) in [5.74, 6) is -0.119. The minimum atomic E-state index is -0.183. The van der Waals surface area contributed by atoms with E-state index in [-0.39, 0.29) is 16.9 Å². The van der Waals surface area contributed by atoms with Crippen molar-refractivity contribution in [3.63, 3.8) is 0 Å². The van der Waals surface area contributed by atoms with Crippen molar-refractivity contribution in [3.05, 3.63) is 69.1 Å². The zero-order valence-electron chi connectivity index (χ0n) is 15.0. The highest BCUT2D eigenvalue weighted by atomic mass is 16.1. The van der Waals surface area contributed by atoms with Crippen LogP contribution in [0.25, 0.3) is 0 Å². The van der Waals surface area contributed by atoms with Gasteiger partial charge in [0.15, 0.2) is 0 Å². The number of carbonyl (C=O) groups is 1. The molecule has 25 heavy (non-hydrogen) atoms. The van der Waals surface area contributed by atoms with Crippen molar-refractivity contribution in [2.24, 2.45) is 0 Å². The van der Waals surface area contributed by atoms with Crippen LogP contribution in [0, 0.1) is 13.8 Å². The molecule has 0 spiro atoms. The van der Waals surface area contributed by atoms with E-state index in [2.05, 4.69) is 41.5 Å². The first-order chi connectivity index (χ1) is 12.0. The number of nitrogens with one attached hydrogen (secondary N) is 2. The number of H-pyrrole nitrogens is 1. The van der Waals surface area contributed by atoms with E-state index < -0.39 is 0 Å². The van der Waals surface area contributed by atoms with E-state index >= 15 is 0 Å². The van der Waals surface area contributed by atoms with Crippen molar-refractivity contribution in [3.8, 4) is 0 Å². The molecular weight excluding hydrogens is 312 g/mol. The second-order valence-electron chi connectivity index (χ2n) is 7.29. The number of amides is 1. The van der Waals surface area contributed by atoms with E-state index in [0.29, 0.717) is 17.7 Å². The van der Waals surface area contributed by atoms with Crippen molar-refractivity contribution in [2.45, 2.75) is 51.4 Å². The summed E-state index contributed by atoms with van der Waals surface area (Å²) >= 11 is 0. The standard InChI is InChI=1S/C21H26N2O2/c1-15-7-6-8-17(11-15)21(9-4-3-5-10-21)14-23-20(25)18-13-22-19(24)12-16(18)2/h6-8,11-13H,3-5,9-10,14H2,1-2H3,(H,22,24)(H,23,25). The SMILES string of the molecule is Cc1cccc(C2(CNC(=O)c3c[nH]c(=O)cc3C)CCCCC2)c1. The van der Waals surface area contributed by atoms with E-state index in [0.717, 1.165) is 12.8 Å². The number of carbonyl (C=O) groups excluding carboxylic acids is 1. The van der Waals surface area contributed by atoms with Crippen LogP contribution in [0.15, 0.2) is 41.3 Å².